The van der Waals surface area contributed by atoms with E-state index >= 15 is 0 Å². The van der Waals surface area contributed by atoms with Gasteiger partial charge in [0.05, 0.1) is 12.2 Å². The molecule has 2 N–H and O–H groups in total. The van der Waals surface area contributed by atoms with Crippen molar-refractivity contribution >= 4 is 17.2 Å². The molecule has 0 aromatic carbocycles. The van der Waals surface area contributed by atoms with Gasteiger partial charge >= 0.3 is 0 Å². The molecule has 1 aromatic heterocycles. The SMILES string of the molecule is CC(C)(C)OCCOc1nccnc1C(N)=S. The van der Waals surface area contributed by atoms with E-state index in [9.17, 15) is 0 Å². The summed E-state index contributed by atoms with van der Waals surface area (Å²) >= 11 is 4.85. The molecule has 5 nitrogen and oxygen atoms in total. The van der Waals surface area contributed by atoms with Crippen molar-refractivity contribution in [1.29, 1.82) is 0 Å². The van der Waals surface area contributed by atoms with E-state index in [-0.39, 0.29) is 10.6 Å². The second-order valence-electron chi connectivity index (χ2n) is 4.38. The number of rotatable bonds is 5. The number of nitrogens with two attached hydrogens (primary N) is 1. The van der Waals surface area contributed by atoms with Crippen LogP contribution >= 0.6 is 12.2 Å². The molecular weight excluding hydrogens is 238 g/mol. The van der Waals surface area contributed by atoms with Gasteiger partial charge in [-0.05, 0) is 20.8 Å². The Kier molecular flexibility index (Phi) is 4.77. The van der Waals surface area contributed by atoms with Gasteiger partial charge in [-0.15, -0.1) is 0 Å². The summed E-state index contributed by atoms with van der Waals surface area (Å²) in [5.41, 5.74) is 5.72. The summed E-state index contributed by atoms with van der Waals surface area (Å²) < 4.78 is 10.9. The summed E-state index contributed by atoms with van der Waals surface area (Å²) in [5, 5.41) is 0. The fourth-order valence-electron chi connectivity index (χ4n) is 1.09. The van der Waals surface area contributed by atoms with Gasteiger partial charge in [-0.3, -0.25) is 0 Å². The molecule has 17 heavy (non-hydrogen) atoms. The smallest absolute Gasteiger partial charge is 0.243 e. The van der Waals surface area contributed by atoms with Crippen LogP contribution in [-0.2, 0) is 4.74 Å². The Morgan fingerprint density at radius 1 is 1.29 bits per heavy atom. The molecule has 0 atom stereocenters. The lowest BCUT2D eigenvalue weighted by Crippen LogP contribution is -2.23. The Balaban J connectivity index is 2.49. The van der Waals surface area contributed by atoms with E-state index in [4.69, 9.17) is 27.4 Å². The van der Waals surface area contributed by atoms with Crippen LogP contribution in [0.15, 0.2) is 12.4 Å². The first kappa shape index (κ1) is 13.8. The zero-order valence-corrected chi connectivity index (χ0v) is 11.1. The van der Waals surface area contributed by atoms with Crippen LogP contribution in [0.5, 0.6) is 5.88 Å². The fraction of sp³-hybridized carbons (Fsp3) is 0.545. The van der Waals surface area contributed by atoms with Crippen LogP contribution in [0.2, 0.25) is 0 Å². The molecule has 0 saturated carbocycles. The molecule has 1 rings (SSSR count). The minimum Gasteiger partial charge on any atom is -0.474 e. The molecule has 0 aliphatic rings. The van der Waals surface area contributed by atoms with E-state index < -0.39 is 0 Å². The standard InChI is InChI=1S/C11H17N3O2S/c1-11(2,3)16-7-6-15-10-8(9(12)17)13-4-5-14-10/h4-5H,6-7H2,1-3H3,(H2,12,17). The van der Waals surface area contributed by atoms with Crippen molar-refractivity contribution in [3.05, 3.63) is 18.1 Å². The predicted molar refractivity (Wildman–Crippen MR) is 69.1 cm³/mol. The number of hydrogen-bond donors (Lipinski definition) is 1. The highest BCUT2D eigenvalue weighted by atomic mass is 32.1. The Labute approximate surface area is 106 Å². The molecular formula is C11H17N3O2S. The minimum absolute atomic E-state index is 0.171. The van der Waals surface area contributed by atoms with E-state index in [2.05, 4.69) is 9.97 Å². The molecule has 0 amide bonds. The van der Waals surface area contributed by atoms with Gasteiger partial charge in [0.25, 0.3) is 0 Å². The molecule has 0 saturated heterocycles. The lowest BCUT2D eigenvalue weighted by Gasteiger charge is -2.19. The molecule has 0 aliphatic heterocycles. The Hall–Kier alpha value is -1.27. The van der Waals surface area contributed by atoms with Crippen molar-refractivity contribution in [3.63, 3.8) is 0 Å². The van der Waals surface area contributed by atoms with Crippen LogP contribution in [0.4, 0.5) is 0 Å². The Bertz CT molecular complexity index is 391. The third kappa shape index (κ3) is 5.06. The first-order chi connectivity index (χ1) is 7.90. The molecule has 0 fully saturated rings. The summed E-state index contributed by atoms with van der Waals surface area (Å²) in [6.07, 6.45) is 3.05. The third-order valence-electron chi connectivity index (χ3n) is 1.76. The van der Waals surface area contributed by atoms with Crippen molar-refractivity contribution in [3.8, 4) is 5.88 Å². The topological polar surface area (TPSA) is 70.3 Å². The third-order valence-corrected chi connectivity index (χ3v) is 1.95. The monoisotopic (exact) mass is 255 g/mol. The highest BCUT2D eigenvalue weighted by Gasteiger charge is 2.11. The van der Waals surface area contributed by atoms with Crippen molar-refractivity contribution in [2.75, 3.05) is 13.2 Å². The van der Waals surface area contributed by atoms with E-state index in [1.54, 1.807) is 0 Å². The van der Waals surface area contributed by atoms with E-state index in [1.165, 1.54) is 12.4 Å². The zero-order chi connectivity index (χ0) is 12.9. The molecule has 0 radical (unpaired) electrons. The van der Waals surface area contributed by atoms with Gasteiger partial charge < -0.3 is 15.2 Å². The second-order valence-corrected chi connectivity index (χ2v) is 4.82. The molecule has 0 bridgehead atoms. The van der Waals surface area contributed by atoms with E-state index in [1.807, 2.05) is 20.8 Å². The molecule has 94 valence electrons. The maximum atomic E-state index is 5.51. The molecule has 0 spiro atoms. The number of aromatic nitrogens is 2. The fourth-order valence-corrected chi connectivity index (χ4v) is 1.23. The van der Waals surface area contributed by atoms with Crippen LogP contribution in [0, 0.1) is 0 Å². The maximum absolute atomic E-state index is 5.51. The molecule has 1 heterocycles. The second kappa shape index (κ2) is 5.88. The largest absolute Gasteiger partial charge is 0.474 e. The van der Waals surface area contributed by atoms with Crippen molar-refractivity contribution in [1.82, 2.24) is 9.97 Å². The maximum Gasteiger partial charge on any atom is 0.243 e. The summed E-state index contributed by atoms with van der Waals surface area (Å²) in [5.74, 6) is 0.345. The van der Waals surface area contributed by atoms with Crippen LogP contribution in [0.3, 0.4) is 0 Å². The van der Waals surface area contributed by atoms with E-state index in [0.29, 0.717) is 24.8 Å². The van der Waals surface area contributed by atoms with Gasteiger partial charge in [0.2, 0.25) is 5.88 Å². The van der Waals surface area contributed by atoms with Crippen LogP contribution in [0.25, 0.3) is 0 Å². The first-order valence-corrected chi connectivity index (χ1v) is 5.68. The quantitative estimate of drug-likeness (QED) is 0.632. The van der Waals surface area contributed by atoms with Crippen LogP contribution < -0.4 is 10.5 Å². The number of nitrogens with zero attached hydrogens (tertiary/aromatic N) is 2. The Morgan fingerprint density at radius 2 is 1.94 bits per heavy atom. The lowest BCUT2D eigenvalue weighted by atomic mass is 10.2. The van der Waals surface area contributed by atoms with Gasteiger partial charge in [0.1, 0.15) is 11.6 Å². The predicted octanol–water partition coefficient (Wildman–Crippen LogP) is 1.30. The average molecular weight is 255 g/mol. The summed E-state index contributed by atoms with van der Waals surface area (Å²) in [6.45, 7) is 6.80. The van der Waals surface area contributed by atoms with Gasteiger partial charge in [-0.1, -0.05) is 12.2 Å². The molecule has 0 unspecified atom stereocenters. The minimum atomic E-state index is -0.183. The van der Waals surface area contributed by atoms with Crippen molar-refractivity contribution < 1.29 is 9.47 Å². The molecule has 1 aromatic rings. The highest BCUT2D eigenvalue weighted by Crippen LogP contribution is 2.11. The average Bonchev–Trinajstić information content (AvgIpc) is 2.23. The number of hydrogen-bond acceptors (Lipinski definition) is 5. The van der Waals surface area contributed by atoms with Gasteiger partial charge in [0.15, 0.2) is 5.69 Å². The molecule has 0 aliphatic carbocycles. The number of thiocarbonyl (C=S) groups is 1. The highest BCUT2D eigenvalue weighted by molar-refractivity contribution is 7.80. The number of ether oxygens (including phenoxy) is 2. The summed E-state index contributed by atoms with van der Waals surface area (Å²) in [4.78, 5) is 8.21. The van der Waals surface area contributed by atoms with E-state index in [0.717, 1.165) is 0 Å². The van der Waals surface area contributed by atoms with Gasteiger partial charge in [-0.2, -0.15) is 0 Å². The Morgan fingerprint density at radius 3 is 2.53 bits per heavy atom. The lowest BCUT2D eigenvalue weighted by molar-refractivity contribution is -0.0168. The summed E-state index contributed by atoms with van der Waals surface area (Å²) in [7, 11) is 0. The van der Waals surface area contributed by atoms with Crippen molar-refractivity contribution in [2.24, 2.45) is 5.73 Å². The zero-order valence-electron chi connectivity index (χ0n) is 10.3. The van der Waals surface area contributed by atoms with Crippen molar-refractivity contribution in [2.45, 2.75) is 26.4 Å². The molecule has 6 heteroatoms. The van der Waals surface area contributed by atoms with Crippen LogP contribution in [-0.4, -0.2) is 33.8 Å². The van der Waals surface area contributed by atoms with Gasteiger partial charge in [-0.25, -0.2) is 9.97 Å². The van der Waals surface area contributed by atoms with Gasteiger partial charge in [0, 0.05) is 12.4 Å². The van der Waals surface area contributed by atoms with Crippen LogP contribution in [0.1, 0.15) is 26.5 Å². The normalized spacial score (nSPS) is 11.2. The summed E-state index contributed by atoms with van der Waals surface area (Å²) in [6, 6.07) is 0. The first-order valence-electron chi connectivity index (χ1n) is 5.28.